The van der Waals surface area contributed by atoms with Crippen molar-refractivity contribution in [2.24, 2.45) is 0 Å². The number of aliphatic hydroxyl groups is 1. The number of nitrogens with one attached hydrogen (secondary N) is 1. The molecule has 0 aromatic rings. The summed E-state index contributed by atoms with van der Waals surface area (Å²) in [6.07, 6.45) is 0.717. The van der Waals surface area contributed by atoms with E-state index in [9.17, 15) is 4.79 Å². The molecular weight excluding hydrogens is 168 g/mol. The van der Waals surface area contributed by atoms with Gasteiger partial charge in [0.25, 0.3) is 0 Å². The van der Waals surface area contributed by atoms with Gasteiger partial charge in [-0.1, -0.05) is 6.92 Å². The van der Waals surface area contributed by atoms with Gasteiger partial charge in [-0.2, -0.15) is 0 Å². The van der Waals surface area contributed by atoms with Gasteiger partial charge in [-0.05, 0) is 19.9 Å². The van der Waals surface area contributed by atoms with Crippen molar-refractivity contribution in [3.05, 3.63) is 0 Å². The van der Waals surface area contributed by atoms with Crippen LogP contribution >= 0.6 is 0 Å². The van der Waals surface area contributed by atoms with Crippen LogP contribution in [0.3, 0.4) is 0 Å². The van der Waals surface area contributed by atoms with Gasteiger partial charge < -0.3 is 10.4 Å². The fourth-order valence-corrected chi connectivity index (χ4v) is 1.27. The molecule has 0 aliphatic heterocycles. The van der Waals surface area contributed by atoms with Crippen LogP contribution in [-0.4, -0.2) is 48.7 Å². The monoisotopic (exact) mass is 188 g/mol. The number of carbonyl (C=O) groups is 1. The Bertz CT molecular complexity index is 151. The normalized spacial score (nSPS) is 13.0. The highest BCUT2D eigenvalue weighted by molar-refractivity contribution is 5.80. The minimum atomic E-state index is -0.110. The van der Waals surface area contributed by atoms with E-state index in [1.54, 1.807) is 7.05 Å². The second-order valence-electron chi connectivity index (χ2n) is 3.00. The molecule has 13 heavy (non-hydrogen) atoms. The molecule has 0 saturated heterocycles. The lowest BCUT2D eigenvalue weighted by Gasteiger charge is -2.25. The summed E-state index contributed by atoms with van der Waals surface area (Å²) < 4.78 is 0. The molecule has 78 valence electrons. The Morgan fingerprint density at radius 2 is 2.23 bits per heavy atom. The first-order valence-corrected chi connectivity index (χ1v) is 4.73. The van der Waals surface area contributed by atoms with Crippen LogP contribution in [0.5, 0.6) is 0 Å². The third-order valence-corrected chi connectivity index (χ3v) is 2.18. The molecule has 0 fully saturated rings. The van der Waals surface area contributed by atoms with Crippen molar-refractivity contribution in [3.63, 3.8) is 0 Å². The lowest BCUT2D eigenvalue weighted by atomic mass is 10.2. The Morgan fingerprint density at radius 1 is 1.62 bits per heavy atom. The van der Waals surface area contributed by atoms with Gasteiger partial charge in [-0.25, -0.2) is 0 Å². The van der Waals surface area contributed by atoms with Crippen LogP contribution in [0.2, 0.25) is 0 Å². The van der Waals surface area contributed by atoms with Crippen LogP contribution in [-0.2, 0) is 4.79 Å². The predicted molar refractivity (Wildman–Crippen MR) is 52.5 cm³/mol. The molecule has 1 amide bonds. The first-order chi connectivity index (χ1) is 6.17. The van der Waals surface area contributed by atoms with E-state index in [1.165, 1.54) is 0 Å². The number of aliphatic hydroxyl groups excluding tert-OH is 1. The zero-order chi connectivity index (χ0) is 10.3. The van der Waals surface area contributed by atoms with Gasteiger partial charge in [-0.3, -0.25) is 9.69 Å². The molecule has 0 spiro atoms. The van der Waals surface area contributed by atoms with Gasteiger partial charge in [0.05, 0.1) is 6.04 Å². The van der Waals surface area contributed by atoms with Crippen LogP contribution in [0.15, 0.2) is 0 Å². The summed E-state index contributed by atoms with van der Waals surface area (Å²) >= 11 is 0. The molecule has 0 aliphatic carbocycles. The minimum Gasteiger partial charge on any atom is -0.396 e. The third kappa shape index (κ3) is 4.24. The molecule has 4 nitrogen and oxygen atoms in total. The third-order valence-electron chi connectivity index (χ3n) is 2.18. The highest BCUT2D eigenvalue weighted by Crippen LogP contribution is 1.99. The van der Waals surface area contributed by atoms with Crippen molar-refractivity contribution in [3.8, 4) is 0 Å². The molecule has 0 rings (SSSR count). The second-order valence-corrected chi connectivity index (χ2v) is 3.00. The van der Waals surface area contributed by atoms with Gasteiger partial charge >= 0.3 is 0 Å². The summed E-state index contributed by atoms with van der Waals surface area (Å²) in [7, 11) is 1.64. The average molecular weight is 188 g/mol. The lowest BCUT2D eigenvalue weighted by Crippen LogP contribution is -2.44. The molecule has 2 N–H and O–H groups in total. The number of likely N-dealkylation sites (N-methyl/N-ethyl adjacent to an activating group) is 2. The van der Waals surface area contributed by atoms with Gasteiger partial charge in [0.2, 0.25) is 5.91 Å². The summed E-state index contributed by atoms with van der Waals surface area (Å²) in [6.45, 7) is 5.66. The van der Waals surface area contributed by atoms with Crippen molar-refractivity contribution in [1.29, 1.82) is 0 Å². The van der Waals surface area contributed by atoms with Crippen LogP contribution in [0.1, 0.15) is 20.3 Å². The smallest absolute Gasteiger partial charge is 0.236 e. The van der Waals surface area contributed by atoms with E-state index in [0.717, 1.165) is 19.5 Å². The van der Waals surface area contributed by atoms with E-state index in [1.807, 2.05) is 18.7 Å². The topological polar surface area (TPSA) is 52.6 Å². The molecule has 4 heteroatoms. The summed E-state index contributed by atoms with van der Waals surface area (Å²) in [6, 6.07) is -0.110. The number of amides is 1. The first-order valence-electron chi connectivity index (χ1n) is 4.73. The van der Waals surface area contributed by atoms with Crippen LogP contribution < -0.4 is 5.32 Å². The van der Waals surface area contributed by atoms with E-state index in [-0.39, 0.29) is 18.6 Å². The number of carbonyl (C=O) groups excluding carboxylic acids is 1. The Hall–Kier alpha value is -0.610. The Balaban J connectivity index is 3.98. The molecule has 0 aromatic heterocycles. The standard InChI is InChI=1S/C9H20N2O2/c1-4-11(6-5-7-12)8(2)9(13)10-3/h8,12H,4-7H2,1-3H3,(H,10,13). The van der Waals surface area contributed by atoms with Crippen molar-refractivity contribution < 1.29 is 9.90 Å². The number of nitrogens with zero attached hydrogens (tertiary/aromatic N) is 1. The summed E-state index contributed by atoms with van der Waals surface area (Å²) in [5.41, 5.74) is 0. The number of rotatable bonds is 6. The predicted octanol–water partition coefficient (Wildman–Crippen LogP) is -0.175. The Kier molecular flexibility index (Phi) is 6.54. The highest BCUT2D eigenvalue weighted by atomic mass is 16.3. The molecule has 0 bridgehead atoms. The van der Waals surface area contributed by atoms with Crippen molar-refractivity contribution in [2.75, 3.05) is 26.7 Å². The van der Waals surface area contributed by atoms with E-state index < -0.39 is 0 Å². The molecule has 0 saturated carbocycles. The van der Waals surface area contributed by atoms with Crippen LogP contribution in [0, 0.1) is 0 Å². The van der Waals surface area contributed by atoms with E-state index in [0.29, 0.717) is 0 Å². The average Bonchev–Trinajstić information content (AvgIpc) is 2.17. The van der Waals surface area contributed by atoms with Crippen LogP contribution in [0.25, 0.3) is 0 Å². The zero-order valence-corrected chi connectivity index (χ0v) is 8.71. The maximum Gasteiger partial charge on any atom is 0.236 e. The molecular formula is C9H20N2O2. The zero-order valence-electron chi connectivity index (χ0n) is 8.71. The number of hydrogen-bond donors (Lipinski definition) is 2. The van der Waals surface area contributed by atoms with E-state index in [4.69, 9.17) is 5.11 Å². The van der Waals surface area contributed by atoms with Gasteiger partial charge in [0.15, 0.2) is 0 Å². The fraction of sp³-hybridized carbons (Fsp3) is 0.889. The second kappa shape index (κ2) is 6.86. The van der Waals surface area contributed by atoms with Crippen molar-refractivity contribution in [1.82, 2.24) is 10.2 Å². The Morgan fingerprint density at radius 3 is 2.62 bits per heavy atom. The quantitative estimate of drug-likeness (QED) is 0.608. The maximum atomic E-state index is 11.3. The van der Waals surface area contributed by atoms with Crippen molar-refractivity contribution in [2.45, 2.75) is 26.3 Å². The fourth-order valence-electron chi connectivity index (χ4n) is 1.27. The molecule has 1 atom stereocenters. The number of hydrogen-bond acceptors (Lipinski definition) is 3. The van der Waals surface area contributed by atoms with Gasteiger partial charge in [-0.15, -0.1) is 0 Å². The SMILES string of the molecule is CCN(CCCO)C(C)C(=O)NC. The largest absolute Gasteiger partial charge is 0.396 e. The van der Waals surface area contributed by atoms with Gasteiger partial charge in [0, 0.05) is 20.2 Å². The van der Waals surface area contributed by atoms with Crippen molar-refractivity contribution >= 4 is 5.91 Å². The first kappa shape index (κ1) is 12.4. The van der Waals surface area contributed by atoms with Gasteiger partial charge in [0.1, 0.15) is 0 Å². The maximum absolute atomic E-state index is 11.3. The van der Waals surface area contributed by atoms with E-state index >= 15 is 0 Å². The Labute approximate surface area is 79.9 Å². The summed E-state index contributed by atoms with van der Waals surface area (Å²) in [4.78, 5) is 13.3. The summed E-state index contributed by atoms with van der Waals surface area (Å²) in [5, 5.41) is 11.3. The minimum absolute atomic E-state index is 0.0276. The molecule has 1 unspecified atom stereocenters. The molecule has 0 aliphatic rings. The molecule has 0 heterocycles. The van der Waals surface area contributed by atoms with Crippen LogP contribution in [0.4, 0.5) is 0 Å². The van der Waals surface area contributed by atoms with E-state index in [2.05, 4.69) is 5.32 Å². The molecule has 0 aromatic carbocycles. The summed E-state index contributed by atoms with van der Waals surface area (Å²) in [5.74, 6) is 0.0276. The lowest BCUT2D eigenvalue weighted by molar-refractivity contribution is -0.125. The molecule has 0 radical (unpaired) electrons. The highest BCUT2D eigenvalue weighted by Gasteiger charge is 2.17.